The number of fused-ring (bicyclic) bond motifs is 3. The molecule has 1 aromatic carbocycles. The summed E-state index contributed by atoms with van der Waals surface area (Å²) in [5.74, 6) is 0.797. The van der Waals surface area contributed by atoms with Gasteiger partial charge >= 0.3 is 0 Å². The lowest BCUT2D eigenvalue weighted by molar-refractivity contribution is 0.415. The lowest BCUT2D eigenvalue weighted by atomic mass is 10.2. The average molecular weight is 228 g/mol. The van der Waals surface area contributed by atoms with Gasteiger partial charge in [0.2, 0.25) is 0 Å². The number of rotatable bonds is 1. The molecule has 0 saturated carbocycles. The zero-order chi connectivity index (χ0) is 12.0. The van der Waals surface area contributed by atoms with Gasteiger partial charge in [-0.1, -0.05) is 0 Å². The third-order valence-corrected chi connectivity index (χ3v) is 3.13. The first-order valence-corrected chi connectivity index (χ1v) is 5.36. The van der Waals surface area contributed by atoms with Crippen molar-refractivity contribution in [2.75, 3.05) is 7.11 Å². The Morgan fingerprint density at radius 2 is 2.06 bits per heavy atom. The van der Waals surface area contributed by atoms with E-state index in [9.17, 15) is 4.79 Å². The molecule has 0 saturated heterocycles. The standard InChI is InChI=1S/C13H12N2O2/c1-15-11-4-3-8(17-2)7-10(11)9-5-6-14-13(16)12(9)15/h3-7H,1-2H3,(H,14,16). The van der Waals surface area contributed by atoms with E-state index in [2.05, 4.69) is 4.98 Å². The molecule has 0 fully saturated rings. The maximum atomic E-state index is 11.8. The Morgan fingerprint density at radius 3 is 2.82 bits per heavy atom. The molecule has 86 valence electrons. The summed E-state index contributed by atoms with van der Waals surface area (Å²) in [6.45, 7) is 0. The summed E-state index contributed by atoms with van der Waals surface area (Å²) in [6.07, 6.45) is 1.67. The molecule has 0 aliphatic carbocycles. The van der Waals surface area contributed by atoms with Crippen LogP contribution >= 0.6 is 0 Å². The molecule has 0 spiro atoms. The number of H-pyrrole nitrogens is 1. The van der Waals surface area contributed by atoms with Crippen molar-refractivity contribution in [3.63, 3.8) is 0 Å². The molecule has 3 aromatic rings. The summed E-state index contributed by atoms with van der Waals surface area (Å²) in [6, 6.07) is 7.73. The van der Waals surface area contributed by atoms with Gasteiger partial charge in [-0.25, -0.2) is 0 Å². The Kier molecular flexibility index (Phi) is 1.98. The average Bonchev–Trinajstić information content (AvgIpc) is 2.64. The first-order valence-electron chi connectivity index (χ1n) is 5.36. The monoisotopic (exact) mass is 228 g/mol. The fourth-order valence-electron chi connectivity index (χ4n) is 2.29. The molecule has 0 aliphatic heterocycles. The molecule has 0 radical (unpaired) electrons. The predicted molar refractivity (Wildman–Crippen MR) is 67.6 cm³/mol. The summed E-state index contributed by atoms with van der Waals surface area (Å²) >= 11 is 0. The molecule has 0 aliphatic rings. The fraction of sp³-hybridized carbons (Fsp3) is 0.154. The van der Waals surface area contributed by atoms with Gasteiger partial charge in [-0.15, -0.1) is 0 Å². The Hall–Kier alpha value is -2.23. The minimum Gasteiger partial charge on any atom is -0.497 e. The van der Waals surface area contributed by atoms with E-state index in [1.807, 2.05) is 35.9 Å². The second-order valence-corrected chi connectivity index (χ2v) is 4.01. The number of aromatic amines is 1. The number of hydrogen-bond acceptors (Lipinski definition) is 2. The third-order valence-electron chi connectivity index (χ3n) is 3.13. The summed E-state index contributed by atoms with van der Waals surface area (Å²) < 4.78 is 7.12. The molecule has 3 rings (SSSR count). The van der Waals surface area contributed by atoms with Crippen molar-refractivity contribution in [2.24, 2.45) is 7.05 Å². The van der Waals surface area contributed by atoms with E-state index in [1.54, 1.807) is 13.3 Å². The number of nitrogens with zero attached hydrogens (tertiary/aromatic N) is 1. The van der Waals surface area contributed by atoms with Gasteiger partial charge in [-0.2, -0.15) is 0 Å². The summed E-state index contributed by atoms with van der Waals surface area (Å²) in [4.78, 5) is 14.5. The highest BCUT2D eigenvalue weighted by Gasteiger charge is 2.11. The summed E-state index contributed by atoms with van der Waals surface area (Å²) in [5, 5.41) is 1.98. The van der Waals surface area contributed by atoms with Crippen LogP contribution < -0.4 is 10.3 Å². The van der Waals surface area contributed by atoms with Crippen molar-refractivity contribution in [3.05, 3.63) is 40.8 Å². The Balaban J connectivity index is 2.59. The van der Waals surface area contributed by atoms with Gasteiger partial charge < -0.3 is 14.3 Å². The van der Waals surface area contributed by atoms with Crippen LogP contribution in [0.15, 0.2) is 35.3 Å². The van der Waals surface area contributed by atoms with Crippen molar-refractivity contribution in [3.8, 4) is 5.75 Å². The number of aromatic nitrogens is 2. The van der Waals surface area contributed by atoms with Crippen LogP contribution in [0.1, 0.15) is 0 Å². The van der Waals surface area contributed by atoms with E-state index in [-0.39, 0.29) is 5.56 Å². The molecule has 0 amide bonds. The second kappa shape index (κ2) is 3.38. The zero-order valence-electron chi connectivity index (χ0n) is 9.65. The maximum absolute atomic E-state index is 11.8. The van der Waals surface area contributed by atoms with Crippen molar-refractivity contribution in [2.45, 2.75) is 0 Å². The highest BCUT2D eigenvalue weighted by molar-refractivity contribution is 6.08. The quantitative estimate of drug-likeness (QED) is 0.692. The second-order valence-electron chi connectivity index (χ2n) is 4.01. The minimum absolute atomic E-state index is 0.0693. The fourth-order valence-corrected chi connectivity index (χ4v) is 2.29. The number of methoxy groups -OCH3 is 1. The van der Waals surface area contributed by atoms with Crippen molar-refractivity contribution in [1.29, 1.82) is 0 Å². The van der Waals surface area contributed by atoms with Gasteiger partial charge in [-0.3, -0.25) is 4.79 Å². The minimum atomic E-state index is -0.0693. The van der Waals surface area contributed by atoms with Gasteiger partial charge in [0.25, 0.3) is 5.56 Å². The smallest absolute Gasteiger partial charge is 0.272 e. The zero-order valence-corrected chi connectivity index (χ0v) is 9.65. The number of pyridine rings is 1. The molecule has 0 unspecified atom stereocenters. The van der Waals surface area contributed by atoms with Crippen LogP contribution in [0.25, 0.3) is 21.8 Å². The molecule has 17 heavy (non-hydrogen) atoms. The van der Waals surface area contributed by atoms with Crippen LogP contribution in [0.5, 0.6) is 5.75 Å². The van der Waals surface area contributed by atoms with Gasteiger partial charge in [0, 0.05) is 29.5 Å². The Morgan fingerprint density at radius 1 is 1.24 bits per heavy atom. The number of benzene rings is 1. The first-order chi connectivity index (χ1) is 8.22. The highest BCUT2D eigenvalue weighted by Crippen LogP contribution is 2.28. The van der Waals surface area contributed by atoms with E-state index in [0.29, 0.717) is 5.52 Å². The molecular formula is C13H12N2O2. The van der Waals surface area contributed by atoms with E-state index in [4.69, 9.17) is 4.74 Å². The van der Waals surface area contributed by atoms with Crippen molar-refractivity contribution in [1.82, 2.24) is 9.55 Å². The SMILES string of the molecule is COc1ccc2c(c1)c1cc[nH]c(=O)c1n2C. The first kappa shape index (κ1) is 9.96. The van der Waals surface area contributed by atoms with Gasteiger partial charge in [-0.05, 0) is 24.3 Å². The number of hydrogen-bond donors (Lipinski definition) is 1. The van der Waals surface area contributed by atoms with E-state index in [1.165, 1.54) is 0 Å². The lowest BCUT2D eigenvalue weighted by Crippen LogP contribution is -2.07. The van der Waals surface area contributed by atoms with Crippen molar-refractivity contribution >= 4 is 21.8 Å². The summed E-state index contributed by atoms with van der Waals surface area (Å²) in [5.41, 5.74) is 1.65. The van der Waals surface area contributed by atoms with Crippen LogP contribution in [0.2, 0.25) is 0 Å². The molecular weight excluding hydrogens is 216 g/mol. The maximum Gasteiger partial charge on any atom is 0.272 e. The molecule has 1 N–H and O–H groups in total. The number of ether oxygens (including phenoxy) is 1. The third kappa shape index (κ3) is 1.27. The Bertz CT molecular complexity index is 768. The van der Waals surface area contributed by atoms with Crippen molar-refractivity contribution < 1.29 is 4.74 Å². The molecule has 2 heterocycles. The van der Waals surface area contributed by atoms with Crippen LogP contribution in [0.4, 0.5) is 0 Å². The largest absolute Gasteiger partial charge is 0.497 e. The molecule has 4 nitrogen and oxygen atoms in total. The van der Waals surface area contributed by atoms with Crippen LogP contribution in [0.3, 0.4) is 0 Å². The van der Waals surface area contributed by atoms with Crippen LogP contribution in [-0.4, -0.2) is 16.7 Å². The highest BCUT2D eigenvalue weighted by atomic mass is 16.5. The van der Waals surface area contributed by atoms with Gasteiger partial charge in [0.05, 0.1) is 7.11 Å². The number of nitrogens with one attached hydrogen (secondary N) is 1. The topological polar surface area (TPSA) is 47.0 Å². The Labute approximate surface area is 97.4 Å². The van der Waals surface area contributed by atoms with Crippen LogP contribution in [0, 0.1) is 0 Å². The van der Waals surface area contributed by atoms with E-state index >= 15 is 0 Å². The summed E-state index contributed by atoms with van der Waals surface area (Å²) in [7, 11) is 3.53. The van der Waals surface area contributed by atoms with Gasteiger partial charge in [0.1, 0.15) is 11.3 Å². The van der Waals surface area contributed by atoms with Gasteiger partial charge in [0.15, 0.2) is 0 Å². The molecule has 0 bridgehead atoms. The normalized spacial score (nSPS) is 11.2. The number of aryl methyl sites for hydroxylation is 1. The van der Waals surface area contributed by atoms with Crippen LogP contribution in [-0.2, 0) is 7.05 Å². The lowest BCUT2D eigenvalue weighted by Gasteiger charge is -2.00. The van der Waals surface area contributed by atoms with E-state index < -0.39 is 0 Å². The molecule has 2 aromatic heterocycles. The molecule has 0 atom stereocenters. The predicted octanol–water partition coefficient (Wildman–Crippen LogP) is 2.03. The van der Waals surface area contributed by atoms with E-state index in [0.717, 1.165) is 22.0 Å². The molecule has 4 heteroatoms.